The minimum Gasteiger partial charge on any atom is -0.444 e. The van der Waals surface area contributed by atoms with Gasteiger partial charge in [0.25, 0.3) is 0 Å². The minimum atomic E-state index is -0.943. The Morgan fingerprint density at radius 3 is 2.27 bits per heavy atom. The molecule has 246 valence electrons. The van der Waals surface area contributed by atoms with Crippen molar-refractivity contribution in [3.8, 4) is 10.4 Å². The van der Waals surface area contributed by atoms with E-state index in [4.69, 9.17) is 4.74 Å². The first-order chi connectivity index (χ1) is 20.9. The van der Waals surface area contributed by atoms with Gasteiger partial charge < -0.3 is 30.3 Å². The number of β-amino-alcohol motifs (C(OH)–C–C–N with tert-alkyl or cyclic N) is 1. The van der Waals surface area contributed by atoms with Crippen molar-refractivity contribution in [2.75, 3.05) is 19.6 Å². The van der Waals surface area contributed by atoms with E-state index >= 15 is 0 Å². The Bertz CT molecular complexity index is 1400. The average Bonchev–Trinajstić information content (AvgIpc) is 3.69. The van der Waals surface area contributed by atoms with E-state index in [1.54, 1.807) is 32.1 Å². The van der Waals surface area contributed by atoms with Crippen LogP contribution in [0.1, 0.15) is 78.6 Å². The lowest BCUT2D eigenvalue weighted by Crippen LogP contribution is -2.58. The van der Waals surface area contributed by atoms with Crippen LogP contribution in [0.25, 0.3) is 10.4 Å². The molecule has 2 fully saturated rings. The standard InChI is InChI=1S/C33H47N5O6S/c1-19(21-9-11-22(12-10-21)26-20(2)34-18-45-26)35-29(41)25-15-24(39)17-38(25)30(42)27(32(3,4)5)36-28(40)23-13-14-37(16-23)31(43)44-33(6,7)8/h9-12,18-19,23-25,27,39H,13-17H2,1-8H3,(H,35,41)(H,36,40)/t19-,23+,24+,25-,27?/m0/s1. The third kappa shape index (κ3) is 8.40. The molecule has 1 unspecified atom stereocenters. The number of thiazole rings is 1. The summed E-state index contributed by atoms with van der Waals surface area (Å²) in [5.74, 6) is -1.62. The van der Waals surface area contributed by atoms with Gasteiger partial charge in [0.1, 0.15) is 17.7 Å². The van der Waals surface area contributed by atoms with Gasteiger partial charge in [0.2, 0.25) is 17.7 Å². The largest absolute Gasteiger partial charge is 0.444 e. The quantitative estimate of drug-likeness (QED) is 0.414. The maximum atomic E-state index is 14.0. The molecule has 0 aliphatic carbocycles. The summed E-state index contributed by atoms with van der Waals surface area (Å²) in [5.41, 5.74) is 3.41. The van der Waals surface area contributed by atoms with Crippen LogP contribution in [-0.4, -0.2) is 87.1 Å². The molecular weight excluding hydrogens is 594 g/mol. The molecule has 2 saturated heterocycles. The zero-order chi connectivity index (χ0) is 33.3. The summed E-state index contributed by atoms with van der Waals surface area (Å²) in [6, 6.07) is 5.76. The number of hydrogen-bond donors (Lipinski definition) is 3. The molecule has 12 heteroatoms. The fourth-order valence-corrected chi connectivity index (χ4v) is 6.55. The Labute approximate surface area is 269 Å². The fraction of sp³-hybridized carbons (Fsp3) is 0.606. The zero-order valence-electron chi connectivity index (χ0n) is 27.5. The van der Waals surface area contributed by atoms with Gasteiger partial charge in [0, 0.05) is 26.1 Å². The van der Waals surface area contributed by atoms with Crippen molar-refractivity contribution in [3.63, 3.8) is 0 Å². The summed E-state index contributed by atoms with van der Waals surface area (Å²) in [7, 11) is 0. The normalized spacial score (nSPS) is 21.8. The first-order valence-corrected chi connectivity index (χ1v) is 16.4. The Morgan fingerprint density at radius 1 is 1.02 bits per heavy atom. The number of amides is 4. The lowest BCUT2D eigenvalue weighted by molar-refractivity contribution is -0.144. The summed E-state index contributed by atoms with van der Waals surface area (Å²) >= 11 is 1.58. The highest BCUT2D eigenvalue weighted by Gasteiger charge is 2.45. The first-order valence-electron chi connectivity index (χ1n) is 15.5. The molecule has 3 heterocycles. The van der Waals surface area contributed by atoms with Crippen molar-refractivity contribution in [2.24, 2.45) is 11.3 Å². The second-order valence-electron chi connectivity index (χ2n) is 14.2. The number of aliphatic hydroxyl groups excluding tert-OH is 1. The highest BCUT2D eigenvalue weighted by molar-refractivity contribution is 7.13. The number of carbonyl (C=O) groups is 4. The van der Waals surface area contributed by atoms with Gasteiger partial charge in [-0.2, -0.15) is 0 Å². The number of carbonyl (C=O) groups excluding carboxylic acids is 4. The van der Waals surface area contributed by atoms with E-state index in [1.807, 2.05) is 64.4 Å². The molecule has 0 saturated carbocycles. The summed E-state index contributed by atoms with van der Waals surface area (Å²) in [6.45, 7) is 15.3. The Hall–Kier alpha value is -3.51. The van der Waals surface area contributed by atoms with Crippen LogP contribution in [0.2, 0.25) is 0 Å². The molecule has 45 heavy (non-hydrogen) atoms. The molecule has 3 N–H and O–H groups in total. The van der Waals surface area contributed by atoms with Crippen LogP contribution >= 0.6 is 11.3 Å². The molecule has 1 aromatic heterocycles. The molecule has 0 bridgehead atoms. The van der Waals surface area contributed by atoms with Gasteiger partial charge in [-0.25, -0.2) is 9.78 Å². The SMILES string of the molecule is Cc1ncsc1-c1ccc([C@H](C)NC(=O)[C@@H]2C[C@@H](O)CN2C(=O)C(NC(=O)[C@@H]2CCN(C(=O)OC(C)(C)C)C2)C(C)(C)C)cc1. The number of nitrogens with one attached hydrogen (secondary N) is 2. The fourth-order valence-electron chi connectivity index (χ4n) is 5.74. The number of aliphatic hydroxyl groups is 1. The zero-order valence-corrected chi connectivity index (χ0v) is 28.4. The molecule has 1 aromatic carbocycles. The maximum absolute atomic E-state index is 14.0. The van der Waals surface area contributed by atoms with Crippen LogP contribution in [0, 0.1) is 18.3 Å². The molecule has 2 aromatic rings. The van der Waals surface area contributed by atoms with Crippen LogP contribution in [0.15, 0.2) is 29.8 Å². The average molecular weight is 642 g/mol. The Kier molecular flexibility index (Phi) is 10.3. The third-order valence-electron chi connectivity index (χ3n) is 8.25. The van der Waals surface area contributed by atoms with Crippen molar-refractivity contribution < 1.29 is 29.0 Å². The molecule has 0 spiro atoms. The number of rotatable bonds is 7. The van der Waals surface area contributed by atoms with Crippen molar-refractivity contribution >= 4 is 35.2 Å². The number of nitrogens with zero attached hydrogens (tertiary/aromatic N) is 3. The summed E-state index contributed by atoms with van der Waals surface area (Å²) in [4.78, 5) is 61.7. The van der Waals surface area contributed by atoms with Gasteiger partial charge in [-0.1, -0.05) is 45.0 Å². The Morgan fingerprint density at radius 2 is 1.69 bits per heavy atom. The molecule has 4 rings (SSSR count). The van der Waals surface area contributed by atoms with Gasteiger partial charge in [-0.3, -0.25) is 14.4 Å². The van der Waals surface area contributed by atoms with E-state index < -0.39 is 47.1 Å². The number of aromatic nitrogens is 1. The molecule has 11 nitrogen and oxygen atoms in total. The van der Waals surface area contributed by atoms with E-state index in [-0.39, 0.29) is 37.4 Å². The van der Waals surface area contributed by atoms with Crippen molar-refractivity contribution in [1.29, 1.82) is 0 Å². The number of ether oxygens (including phenoxy) is 1. The third-order valence-corrected chi connectivity index (χ3v) is 9.23. The second-order valence-corrected chi connectivity index (χ2v) is 15.1. The highest BCUT2D eigenvalue weighted by Crippen LogP contribution is 2.30. The van der Waals surface area contributed by atoms with Crippen LogP contribution in [0.5, 0.6) is 0 Å². The maximum Gasteiger partial charge on any atom is 0.410 e. The van der Waals surface area contributed by atoms with E-state index in [9.17, 15) is 24.3 Å². The summed E-state index contributed by atoms with van der Waals surface area (Å²) in [5, 5.41) is 16.5. The van der Waals surface area contributed by atoms with E-state index in [2.05, 4.69) is 15.6 Å². The smallest absolute Gasteiger partial charge is 0.410 e. The molecular formula is C33H47N5O6S. The number of aryl methyl sites for hydroxylation is 1. The van der Waals surface area contributed by atoms with Crippen LogP contribution in [-0.2, 0) is 19.1 Å². The van der Waals surface area contributed by atoms with Crippen molar-refractivity contribution in [1.82, 2.24) is 25.4 Å². The molecule has 0 radical (unpaired) electrons. The van der Waals surface area contributed by atoms with Gasteiger partial charge in [-0.15, -0.1) is 11.3 Å². The van der Waals surface area contributed by atoms with E-state index in [1.165, 1.54) is 9.80 Å². The predicted octanol–water partition coefficient (Wildman–Crippen LogP) is 4.05. The number of benzene rings is 1. The first kappa shape index (κ1) is 34.4. The topological polar surface area (TPSA) is 141 Å². The van der Waals surface area contributed by atoms with Crippen LogP contribution in [0.3, 0.4) is 0 Å². The van der Waals surface area contributed by atoms with Crippen LogP contribution < -0.4 is 10.6 Å². The van der Waals surface area contributed by atoms with E-state index in [0.717, 1.165) is 21.7 Å². The number of likely N-dealkylation sites (tertiary alicyclic amines) is 2. The minimum absolute atomic E-state index is 0.00744. The van der Waals surface area contributed by atoms with Gasteiger partial charge >= 0.3 is 6.09 Å². The number of hydrogen-bond acceptors (Lipinski definition) is 8. The van der Waals surface area contributed by atoms with Crippen molar-refractivity contribution in [3.05, 3.63) is 41.0 Å². The van der Waals surface area contributed by atoms with Gasteiger partial charge in [0.05, 0.1) is 34.1 Å². The van der Waals surface area contributed by atoms with Gasteiger partial charge in [0.15, 0.2) is 0 Å². The van der Waals surface area contributed by atoms with Gasteiger partial charge in [-0.05, 0) is 57.6 Å². The monoisotopic (exact) mass is 641 g/mol. The molecule has 2 aliphatic heterocycles. The highest BCUT2D eigenvalue weighted by atomic mass is 32.1. The van der Waals surface area contributed by atoms with Crippen molar-refractivity contribution in [2.45, 2.75) is 98.1 Å². The molecule has 4 amide bonds. The molecule has 2 aliphatic rings. The predicted molar refractivity (Wildman–Crippen MR) is 172 cm³/mol. The van der Waals surface area contributed by atoms with Crippen LogP contribution in [0.4, 0.5) is 4.79 Å². The summed E-state index contributed by atoms with van der Waals surface area (Å²) < 4.78 is 5.45. The lowest BCUT2D eigenvalue weighted by atomic mass is 9.85. The Balaban J connectivity index is 1.41. The summed E-state index contributed by atoms with van der Waals surface area (Å²) in [6.07, 6.45) is -0.782. The second kappa shape index (κ2) is 13.5. The van der Waals surface area contributed by atoms with E-state index in [0.29, 0.717) is 13.0 Å². The lowest BCUT2D eigenvalue weighted by Gasteiger charge is -2.36. The molecule has 5 atom stereocenters.